The molecule has 112 valence electrons. The summed E-state index contributed by atoms with van der Waals surface area (Å²) in [6.45, 7) is 2.01. The molecular weight excluding hydrogens is 289 g/mol. The zero-order valence-electron chi connectivity index (χ0n) is 11.4. The van der Waals surface area contributed by atoms with Gasteiger partial charge in [0.1, 0.15) is 4.90 Å². The second-order valence-corrected chi connectivity index (χ2v) is 6.12. The molecule has 9 heteroatoms. The van der Waals surface area contributed by atoms with Crippen molar-refractivity contribution in [2.75, 3.05) is 26.0 Å². The molecule has 0 amide bonds. The van der Waals surface area contributed by atoms with Crippen molar-refractivity contribution in [2.24, 2.45) is 0 Å². The van der Waals surface area contributed by atoms with E-state index in [0.29, 0.717) is 12.5 Å². The fourth-order valence-corrected chi connectivity index (χ4v) is 3.20. The van der Waals surface area contributed by atoms with E-state index in [9.17, 15) is 22.9 Å². The number of rotatable bonds is 6. The Morgan fingerprint density at radius 1 is 1.45 bits per heavy atom. The van der Waals surface area contributed by atoms with Crippen molar-refractivity contribution in [2.45, 2.75) is 18.2 Å². The molecule has 0 aliphatic heterocycles. The van der Waals surface area contributed by atoms with Crippen molar-refractivity contribution >= 4 is 21.4 Å². The van der Waals surface area contributed by atoms with Gasteiger partial charge in [-0.05, 0) is 6.42 Å². The average Bonchev–Trinajstić information content (AvgIpc) is 2.37. The zero-order valence-corrected chi connectivity index (χ0v) is 12.2. The summed E-state index contributed by atoms with van der Waals surface area (Å²) < 4.78 is 39.6. The van der Waals surface area contributed by atoms with E-state index in [-0.39, 0.29) is 12.2 Å². The van der Waals surface area contributed by atoms with Gasteiger partial charge in [-0.15, -0.1) is 0 Å². The summed E-state index contributed by atoms with van der Waals surface area (Å²) in [5.74, 6) is -1.15. The van der Waals surface area contributed by atoms with E-state index < -0.39 is 31.3 Å². The van der Waals surface area contributed by atoms with Crippen LogP contribution < -0.4 is 5.32 Å². The minimum absolute atomic E-state index is 0.139. The van der Waals surface area contributed by atoms with Crippen molar-refractivity contribution in [3.8, 4) is 0 Å². The number of nitro groups is 1. The van der Waals surface area contributed by atoms with Gasteiger partial charge in [0.2, 0.25) is 10.0 Å². The molecule has 0 bridgehead atoms. The molecule has 7 nitrogen and oxygen atoms in total. The fraction of sp³-hybridized carbons (Fsp3) is 0.455. The van der Waals surface area contributed by atoms with Crippen molar-refractivity contribution in [1.82, 2.24) is 4.31 Å². The quantitative estimate of drug-likeness (QED) is 0.639. The van der Waals surface area contributed by atoms with Gasteiger partial charge in [0.25, 0.3) is 5.69 Å². The Morgan fingerprint density at radius 2 is 2.05 bits per heavy atom. The molecule has 1 aromatic rings. The van der Waals surface area contributed by atoms with E-state index in [1.54, 1.807) is 6.92 Å². The first-order valence-electron chi connectivity index (χ1n) is 5.87. The summed E-state index contributed by atoms with van der Waals surface area (Å²) in [4.78, 5) is 9.31. The summed E-state index contributed by atoms with van der Waals surface area (Å²) in [6.07, 6.45) is 0.569. The number of halogens is 1. The molecule has 0 aromatic heterocycles. The summed E-state index contributed by atoms with van der Waals surface area (Å²) in [6, 6.07) is 1.60. The molecule has 0 saturated carbocycles. The molecule has 1 aromatic carbocycles. The monoisotopic (exact) mass is 305 g/mol. The van der Waals surface area contributed by atoms with Crippen molar-refractivity contribution in [3.05, 3.63) is 28.1 Å². The standard InChI is InChI=1S/C11H16FN3O4S/c1-4-5-14(3)20(18,19)11-9(12)6-8(15(16)17)7-10(11)13-2/h6-7,13H,4-5H2,1-3H3. The van der Waals surface area contributed by atoms with Crippen LogP contribution in [0.4, 0.5) is 15.8 Å². The first-order chi connectivity index (χ1) is 9.25. The molecule has 0 spiro atoms. The van der Waals surface area contributed by atoms with E-state index in [0.717, 1.165) is 10.4 Å². The van der Waals surface area contributed by atoms with Crippen LogP contribution in [0.3, 0.4) is 0 Å². The highest BCUT2D eigenvalue weighted by Gasteiger charge is 2.29. The largest absolute Gasteiger partial charge is 0.387 e. The Morgan fingerprint density at radius 3 is 2.50 bits per heavy atom. The summed E-state index contributed by atoms with van der Waals surface area (Å²) >= 11 is 0. The van der Waals surface area contributed by atoms with E-state index >= 15 is 0 Å². The lowest BCUT2D eigenvalue weighted by molar-refractivity contribution is -0.385. The SMILES string of the molecule is CCCN(C)S(=O)(=O)c1c(F)cc([N+](=O)[O-])cc1NC. The third-order valence-electron chi connectivity index (χ3n) is 2.72. The van der Waals surface area contributed by atoms with Crippen LogP contribution >= 0.6 is 0 Å². The van der Waals surface area contributed by atoms with Crippen LogP contribution in [-0.4, -0.2) is 38.3 Å². The number of hydrogen-bond donors (Lipinski definition) is 1. The van der Waals surface area contributed by atoms with Gasteiger partial charge in [-0.2, -0.15) is 0 Å². The normalized spacial score (nSPS) is 11.7. The van der Waals surface area contributed by atoms with Crippen molar-refractivity contribution < 1.29 is 17.7 Å². The lowest BCUT2D eigenvalue weighted by Crippen LogP contribution is -2.29. The number of non-ortho nitro benzene ring substituents is 1. The van der Waals surface area contributed by atoms with Gasteiger partial charge < -0.3 is 5.32 Å². The lowest BCUT2D eigenvalue weighted by atomic mass is 10.2. The molecular formula is C11H16FN3O4S. The predicted octanol–water partition coefficient (Wildman–Crippen LogP) is 1.81. The summed E-state index contributed by atoms with van der Waals surface area (Å²) in [5, 5.41) is 13.2. The Hall–Kier alpha value is -1.74. The maximum Gasteiger partial charge on any atom is 0.274 e. The highest BCUT2D eigenvalue weighted by Crippen LogP contribution is 2.31. The molecule has 0 atom stereocenters. The van der Waals surface area contributed by atoms with E-state index in [4.69, 9.17) is 0 Å². The van der Waals surface area contributed by atoms with Gasteiger partial charge in [0.05, 0.1) is 16.7 Å². The van der Waals surface area contributed by atoms with Gasteiger partial charge >= 0.3 is 0 Å². The number of nitro benzene ring substituents is 1. The summed E-state index contributed by atoms with van der Waals surface area (Å²) in [7, 11) is -1.34. The highest BCUT2D eigenvalue weighted by atomic mass is 32.2. The third-order valence-corrected chi connectivity index (χ3v) is 4.65. The van der Waals surface area contributed by atoms with Gasteiger partial charge in [0.15, 0.2) is 5.82 Å². The molecule has 0 fully saturated rings. The zero-order chi connectivity index (χ0) is 15.5. The van der Waals surface area contributed by atoms with Crippen LogP contribution in [0, 0.1) is 15.9 Å². The van der Waals surface area contributed by atoms with Gasteiger partial charge in [-0.1, -0.05) is 6.92 Å². The topological polar surface area (TPSA) is 92.5 Å². The van der Waals surface area contributed by atoms with Gasteiger partial charge in [0, 0.05) is 26.7 Å². The Balaban J connectivity index is 3.49. The van der Waals surface area contributed by atoms with Crippen LogP contribution in [0.2, 0.25) is 0 Å². The molecule has 1 rings (SSSR count). The van der Waals surface area contributed by atoms with Crippen molar-refractivity contribution in [3.63, 3.8) is 0 Å². The van der Waals surface area contributed by atoms with Crippen LogP contribution in [-0.2, 0) is 10.0 Å². The molecule has 1 N–H and O–H groups in total. The predicted molar refractivity (Wildman–Crippen MR) is 72.7 cm³/mol. The van der Waals surface area contributed by atoms with Gasteiger partial charge in [-0.25, -0.2) is 17.1 Å². The first-order valence-corrected chi connectivity index (χ1v) is 7.31. The molecule has 0 heterocycles. The van der Waals surface area contributed by atoms with Crippen molar-refractivity contribution in [1.29, 1.82) is 0 Å². The number of anilines is 1. The van der Waals surface area contributed by atoms with E-state index in [2.05, 4.69) is 5.32 Å². The van der Waals surface area contributed by atoms with Crippen LogP contribution in [0.15, 0.2) is 17.0 Å². The number of nitrogens with zero attached hydrogens (tertiary/aromatic N) is 2. The first kappa shape index (κ1) is 16.3. The highest BCUT2D eigenvalue weighted by molar-refractivity contribution is 7.89. The van der Waals surface area contributed by atoms with E-state index in [1.807, 2.05) is 0 Å². The second kappa shape index (κ2) is 6.14. The molecule has 0 aliphatic rings. The van der Waals surface area contributed by atoms with Gasteiger partial charge in [-0.3, -0.25) is 10.1 Å². The van der Waals surface area contributed by atoms with Crippen LogP contribution in [0.25, 0.3) is 0 Å². The second-order valence-electron chi connectivity index (χ2n) is 4.14. The number of benzene rings is 1. The molecule has 0 saturated heterocycles. The third kappa shape index (κ3) is 3.05. The molecule has 0 aliphatic carbocycles. The molecule has 20 heavy (non-hydrogen) atoms. The molecule has 0 radical (unpaired) electrons. The lowest BCUT2D eigenvalue weighted by Gasteiger charge is -2.18. The van der Waals surface area contributed by atoms with Crippen LogP contribution in [0.1, 0.15) is 13.3 Å². The van der Waals surface area contributed by atoms with E-state index in [1.165, 1.54) is 14.1 Å². The number of nitrogens with one attached hydrogen (secondary N) is 1. The van der Waals surface area contributed by atoms with Crippen LogP contribution in [0.5, 0.6) is 0 Å². The maximum absolute atomic E-state index is 14.0. The fourth-order valence-electron chi connectivity index (χ4n) is 1.72. The summed E-state index contributed by atoms with van der Waals surface area (Å²) in [5.41, 5.74) is -0.649. The smallest absolute Gasteiger partial charge is 0.274 e. The Kier molecular flexibility index (Phi) is 5.01. The minimum atomic E-state index is -4.04. The number of sulfonamides is 1. The molecule has 0 unspecified atom stereocenters. The Bertz CT molecular complexity index is 618. The minimum Gasteiger partial charge on any atom is -0.387 e. The average molecular weight is 305 g/mol. The Labute approximate surface area is 116 Å². The maximum atomic E-state index is 14.0. The number of hydrogen-bond acceptors (Lipinski definition) is 5.